The smallest absolute Gasteiger partial charge is 0.150 e. The molecule has 4 atom stereocenters. The van der Waals surface area contributed by atoms with Gasteiger partial charge in [0, 0.05) is 22.9 Å². The predicted molar refractivity (Wildman–Crippen MR) is 81.4 cm³/mol. The highest BCUT2D eigenvalue weighted by Crippen LogP contribution is 2.40. The number of hydrogen-bond acceptors (Lipinski definition) is 4. The van der Waals surface area contributed by atoms with Crippen molar-refractivity contribution < 1.29 is 0 Å². The first kappa shape index (κ1) is 14.4. The van der Waals surface area contributed by atoms with Gasteiger partial charge in [-0.1, -0.05) is 32.5 Å². The highest BCUT2D eigenvalue weighted by Gasteiger charge is 2.34. The van der Waals surface area contributed by atoms with Gasteiger partial charge in [-0.05, 0) is 37.6 Å². The van der Waals surface area contributed by atoms with Crippen molar-refractivity contribution in [2.45, 2.75) is 55.7 Å². The van der Waals surface area contributed by atoms with Gasteiger partial charge in [0.05, 0.1) is 0 Å². The Kier molecular flexibility index (Phi) is 5.52. The Labute approximate surface area is 119 Å². The van der Waals surface area contributed by atoms with Crippen LogP contribution in [0.5, 0.6) is 0 Å². The summed E-state index contributed by atoms with van der Waals surface area (Å²) in [5.74, 6) is 1.62. The molecule has 4 heteroatoms. The first-order chi connectivity index (χ1) is 8.70. The van der Waals surface area contributed by atoms with Crippen molar-refractivity contribution in [3.63, 3.8) is 0 Å². The lowest BCUT2D eigenvalue weighted by molar-refractivity contribution is 0.249. The first-order valence-corrected chi connectivity index (χ1v) is 8.76. The third-order valence-electron chi connectivity index (χ3n) is 3.69. The SMILES string of the molecule is CCCNC1CC(C)CC(C)C1Sc1nccs1. The van der Waals surface area contributed by atoms with Crippen LogP contribution < -0.4 is 5.32 Å². The topological polar surface area (TPSA) is 24.9 Å². The average Bonchev–Trinajstić information content (AvgIpc) is 2.83. The third-order valence-corrected chi connectivity index (χ3v) is 6.21. The van der Waals surface area contributed by atoms with Gasteiger partial charge in [0.15, 0.2) is 0 Å². The summed E-state index contributed by atoms with van der Waals surface area (Å²) in [6.45, 7) is 8.17. The van der Waals surface area contributed by atoms with E-state index in [0.717, 1.165) is 18.4 Å². The summed E-state index contributed by atoms with van der Waals surface area (Å²) in [5.41, 5.74) is 0. The van der Waals surface area contributed by atoms with Crippen LogP contribution in [0, 0.1) is 11.8 Å². The van der Waals surface area contributed by atoms with E-state index in [1.54, 1.807) is 11.3 Å². The predicted octanol–water partition coefficient (Wildman–Crippen LogP) is 4.04. The summed E-state index contributed by atoms with van der Waals surface area (Å²) in [7, 11) is 0. The monoisotopic (exact) mass is 284 g/mol. The Hall–Kier alpha value is -0.0600. The van der Waals surface area contributed by atoms with Crippen LogP contribution >= 0.6 is 23.1 Å². The van der Waals surface area contributed by atoms with Crippen LogP contribution in [0.4, 0.5) is 0 Å². The molecule has 4 unspecified atom stereocenters. The number of thioether (sulfide) groups is 1. The number of hydrogen-bond donors (Lipinski definition) is 1. The van der Waals surface area contributed by atoms with E-state index in [4.69, 9.17) is 0 Å². The quantitative estimate of drug-likeness (QED) is 0.883. The molecule has 1 saturated carbocycles. The van der Waals surface area contributed by atoms with Crippen LogP contribution in [0.2, 0.25) is 0 Å². The fourth-order valence-electron chi connectivity index (χ4n) is 2.94. The summed E-state index contributed by atoms with van der Waals surface area (Å²) >= 11 is 3.75. The Bertz CT molecular complexity index is 340. The molecule has 1 aromatic heterocycles. The molecule has 0 aliphatic heterocycles. The molecule has 0 spiro atoms. The van der Waals surface area contributed by atoms with E-state index in [9.17, 15) is 0 Å². The Morgan fingerprint density at radius 3 is 2.94 bits per heavy atom. The average molecular weight is 284 g/mol. The lowest BCUT2D eigenvalue weighted by atomic mass is 9.80. The van der Waals surface area contributed by atoms with Crippen LogP contribution in [0.25, 0.3) is 0 Å². The van der Waals surface area contributed by atoms with Crippen molar-refractivity contribution in [2.24, 2.45) is 11.8 Å². The maximum Gasteiger partial charge on any atom is 0.150 e. The second kappa shape index (κ2) is 6.92. The second-order valence-electron chi connectivity index (χ2n) is 5.49. The lowest BCUT2D eigenvalue weighted by Crippen LogP contribution is -2.46. The third kappa shape index (κ3) is 3.72. The molecular weight excluding hydrogens is 260 g/mol. The summed E-state index contributed by atoms with van der Waals surface area (Å²) in [6, 6.07) is 0.651. The minimum Gasteiger partial charge on any atom is -0.313 e. The van der Waals surface area contributed by atoms with Crippen LogP contribution in [0.1, 0.15) is 40.0 Å². The Morgan fingerprint density at radius 1 is 1.44 bits per heavy atom. The van der Waals surface area contributed by atoms with Crippen molar-refractivity contribution >= 4 is 23.1 Å². The van der Waals surface area contributed by atoms with Crippen molar-refractivity contribution in [1.29, 1.82) is 0 Å². The van der Waals surface area contributed by atoms with Gasteiger partial charge in [0.2, 0.25) is 0 Å². The number of nitrogens with zero attached hydrogens (tertiary/aromatic N) is 1. The van der Waals surface area contributed by atoms with E-state index in [0.29, 0.717) is 11.3 Å². The molecule has 1 aliphatic carbocycles. The maximum absolute atomic E-state index is 4.43. The van der Waals surface area contributed by atoms with Gasteiger partial charge < -0.3 is 5.32 Å². The summed E-state index contributed by atoms with van der Waals surface area (Å²) in [5, 5.41) is 6.51. The van der Waals surface area contributed by atoms with Crippen molar-refractivity contribution in [3.05, 3.63) is 11.6 Å². The fraction of sp³-hybridized carbons (Fsp3) is 0.786. The molecule has 0 radical (unpaired) electrons. The number of rotatable bonds is 5. The zero-order chi connectivity index (χ0) is 13.0. The number of aromatic nitrogens is 1. The second-order valence-corrected chi connectivity index (χ2v) is 7.81. The van der Waals surface area contributed by atoms with Gasteiger partial charge >= 0.3 is 0 Å². The molecule has 0 amide bonds. The Balaban J connectivity index is 2.01. The van der Waals surface area contributed by atoms with Crippen molar-refractivity contribution in [1.82, 2.24) is 10.3 Å². The summed E-state index contributed by atoms with van der Waals surface area (Å²) in [6.07, 6.45) is 5.80. The molecule has 1 N–H and O–H groups in total. The van der Waals surface area contributed by atoms with E-state index < -0.39 is 0 Å². The largest absolute Gasteiger partial charge is 0.313 e. The number of thiazole rings is 1. The normalized spacial score (nSPS) is 32.6. The molecular formula is C14H24N2S2. The van der Waals surface area contributed by atoms with Crippen molar-refractivity contribution in [2.75, 3.05) is 6.54 Å². The lowest BCUT2D eigenvalue weighted by Gasteiger charge is -2.39. The van der Waals surface area contributed by atoms with Gasteiger partial charge in [-0.15, -0.1) is 11.3 Å². The molecule has 2 nitrogen and oxygen atoms in total. The van der Waals surface area contributed by atoms with E-state index in [2.05, 4.69) is 36.5 Å². The summed E-state index contributed by atoms with van der Waals surface area (Å²) in [4.78, 5) is 4.43. The van der Waals surface area contributed by atoms with Gasteiger partial charge in [0.25, 0.3) is 0 Å². The molecule has 1 fully saturated rings. The van der Waals surface area contributed by atoms with E-state index in [1.807, 2.05) is 18.0 Å². The van der Waals surface area contributed by atoms with Crippen LogP contribution in [-0.2, 0) is 0 Å². The zero-order valence-corrected chi connectivity index (χ0v) is 13.2. The zero-order valence-electron chi connectivity index (χ0n) is 11.6. The van der Waals surface area contributed by atoms with Crippen LogP contribution in [-0.4, -0.2) is 22.8 Å². The van der Waals surface area contributed by atoms with Crippen molar-refractivity contribution in [3.8, 4) is 0 Å². The molecule has 1 heterocycles. The molecule has 102 valence electrons. The van der Waals surface area contributed by atoms with Crippen LogP contribution in [0.15, 0.2) is 15.9 Å². The minimum absolute atomic E-state index is 0.651. The molecule has 1 aromatic rings. The van der Waals surface area contributed by atoms with E-state index in [1.165, 1.54) is 23.6 Å². The van der Waals surface area contributed by atoms with Gasteiger partial charge in [-0.2, -0.15) is 0 Å². The molecule has 1 aliphatic rings. The standard InChI is InChI=1S/C14H24N2S2/c1-4-5-15-12-9-10(2)8-11(3)13(12)18-14-16-6-7-17-14/h6-7,10-13,15H,4-5,8-9H2,1-3H3. The van der Waals surface area contributed by atoms with Gasteiger partial charge in [-0.25, -0.2) is 4.98 Å². The fourth-order valence-corrected chi connectivity index (χ4v) is 5.09. The number of nitrogens with one attached hydrogen (secondary N) is 1. The molecule has 0 bridgehead atoms. The molecule has 18 heavy (non-hydrogen) atoms. The van der Waals surface area contributed by atoms with E-state index >= 15 is 0 Å². The summed E-state index contributed by atoms with van der Waals surface area (Å²) < 4.78 is 1.23. The first-order valence-electron chi connectivity index (χ1n) is 7.00. The maximum atomic E-state index is 4.43. The minimum atomic E-state index is 0.651. The highest BCUT2D eigenvalue weighted by molar-refractivity contribution is 8.01. The molecule has 0 aromatic carbocycles. The Morgan fingerprint density at radius 2 is 2.28 bits per heavy atom. The molecule has 0 saturated heterocycles. The van der Waals surface area contributed by atoms with Crippen LogP contribution in [0.3, 0.4) is 0 Å². The van der Waals surface area contributed by atoms with Gasteiger partial charge in [-0.3, -0.25) is 0 Å². The molecule has 2 rings (SSSR count). The van der Waals surface area contributed by atoms with Gasteiger partial charge in [0.1, 0.15) is 4.34 Å². The van der Waals surface area contributed by atoms with E-state index in [-0.39, 0.29) is 0 Å². The highest BCUT2D eigenvalue weighted by atomic mass is 32.2.